The Morgan fingerprint density at radius 2 is 1.82 bits per heavy atom. The third-order valence-corrected chi connectivity index (χ3v) is 3.05. The molecule has 3 nitrogen and oxygen atoms in total. The van der Waals surface area contributed by atoms with Crippen LogP contribution in [0.4, 0.5) is 5.69 Å². The first kappa shape index (κ1) is 13.5. The van der Waals surface area contributed by atoms with Gasteiger partial charge in [0.2, 0.25) is 0 Å². The molecule has 0 unspecified atom stereocenters. The zero-order chi connectivity index (χ0) is 12.7. The van der Waals surface area contributed by atoms with E-state index in [9.17, 15) is 0 Å². The van der Waals surface area contributed by atoms with Crippen LogP contribution in [0.1, 0.15) is 32.3 Å². The lowest BCUT2D eigenvalue weighted by atomic mass is 10.1. The molecular weight excluding hydrogens is 212 g/mol. The Morgan fingerprint density at radius 3 is 2.24 bits per heavy atom. The molecule has 0 aliphatic heterocycles. The summed E-state index contributed by atoms with van der Waals surface area (Å²) in [6, 6.07) is 10.1. The van der Waals surface area contributed by atoms with E-state index in [1.807, 2.05) is 24.3 Å². The predicted molar refractivity (Wildman–Crippen MR) is 70.0 cm³/mol. The molecule has 0 amide bonds. The molecule has 0 atom stereocenters. The van der Waals surface area contributed by atoms with Crippen molar-refractivity contribution in [1.82, 2.24) is 0 Å². The fraction of sp³-hybridized carbons (Fsp3) is 0.500. The highest BCUT2D eigenvalue weighted by atomic mass is 16.3. The van der Waals surface area contributed by atoms with E-state index < -0.39 is 0 Å². The van der Waals surface area contributed by atoms with Crippen molar-refractivity contribution in [2.24, 2.45) is 0 Å². The van der Waals surface area contributed by atoms with Crippen LogP contribution in [-0.4, -0.2) is 24.3 Å². The maximum atomic E-state index is 9.14. The number of hydrogen-bond donors (Lipinski definition) is 1. The van der Waals surface area contributed by atoms with Crippen LogP contribution in [0.2, 0.25) is 0 Å². The second kappa shape index (κ2) is 6.93. The molecule has 1 aromatic carbocycles. The van der Waals surface area contributed by atoms with Gasteiger partial charge in [-0.1, -0.05) is 13.8 Å². The molecule has 0 radical (unpaired) electrons. The Morgan fingerprint density at radius 1 is 1.24 bits per heavy atom. The summed E-state index contributed by atoms with van der Waals surface area (Å²) >= 11 is 0. The van der Waals surface area contributed by atoms with Crippen LogP contribution in [0, 0.1) is 11.3 Å². The first-order chi connectivity index (χ1) is 8.26. The minimum absolute atomic E-state index is 0.149. The molecule has 0 aliphatic rings. The van der Waals surface area contributed by atoms with Gasteiger partial charge in [-0.05, 0) is 37.1 Å². The molecule has 0 bridgehead atoms. The van der Waals surface area contributed by atoms with E-state index >= 15 is 0 Å². The second-order valence-electron chi connectivity index (χ2n) is 4.05. The standard InChI is InChI=1S/C14H20N2O/c1-3-13(4-2)16(9-10-17)14-7-5-12(11-15)6-8-14/h5-8,13,17H,3-4,9-10H2,1-2H3. The van der Waals surface area contributed by atoms with Gasteiger partial charge in [-0.2, -0.15) is 5.26 Å². The highest BCUT2D eigenvalue weighted by Gasteiger charge is 2.14. The molecule has 17 heavy (non-hydrogen) atoms. The summed E-state index contributed by atoms with van der Waals surface area (Å²) in [6.45, 7) is 5.10. The highest BCUT2D eigenvalue weighted by Crippen LogP contribution is 2.20. The Bertz CT molecular complexity index is 363. The first-order valence-corrected chi connectivity index (χ1v) is 6.14. The van der Waals surface area contributed by atoms with Gasteiger partial charge in [0.25, 0.3) is 0 Å². The smallest absolute Gasteiger partial charge is 0.0991 e. The fourth-order valence-corrected chi connectivity index (χ4v) is 2.09. The van der Waals surface area contributed by atoms with Gasteiger partial charge in [-0.25, -0.2) is 0 Å². The summed E-state index contributed by atoms with van der Waals surface area (Å²) in [5.41, 5.74) is 1.74. The zero-order valence-electron chi connectivity index (χ0n) is 10.6. The lowest BCUT2D eigenvalue weighted by molar-refractivity contribution is 0.296. The molecule has 0 aliphatic carbocycles. The summed E-state index contributed by atoms with van der Waals surface area (Å²) in [5.74, 6) is 0. The minimum atomic E-state index is 0.149. The van der Waals surface area contributed by atoms with Crippen molar-refractivity contribution in [1.29, 1.82) is 5.26 Å². The molecule has 0 saturated heterocycles. The fourth-order valence-electron chi connectivity index (χ4n) is 2.09. The van der Waals surface area contributed by atoms with Crippen LogP contribution in [0.25, 0.3) is 0 Å². The Kier molecular flexibility index (Phi) is 5.51. The number of hydrogen-bond acceptors (Lipinski definition) is 3. The number of nitrogens with zero attached hydrogens (tertiary/aromatic N) is 2. The van der Waals surface area contributed by atoms with Gasteiger partial charge in [0.15, 0.2) is 0 Å². The summed E-state index contributed by atoms with van der Waals surface area (Å²) in [4.78, 5) is 2.21. The Balaban J connectivity index is 2.92. The van der Waals surface area contributed by atoms with Gasteiger partial charge in [-0.15, -0.1) is 0 Å². The van der Waals surface area contributed by atoms with Crippen molar-refractivity contribution in [3.05, 3.63) is 29.8 Å². The SMILES string of the molecule is CCC(CC)N(CCO)c1ccc(C#N)cc1. The molecule has 0 heterocycles. The molecule has 0 fully saturated rings. The number of nitriles is 1. The van der Waals surface area contributed by atoms with Gasteiger partial charge in [0.1, 0.15) is 0 Å². The third kappa shape index (κ3) is 3.47. The van der Waals surface area contributed by atoms with Crippen molar-refractivity contribution in [3.8, 4) is 6.07 Å². The number of aliphatic hydroxyl groups excluding tert-OH is 1. The van der Waals surface area contributed by atoms with E-state index in [4.69, 9.17) is 10.4 Å². The maximum Gasteiger partial charge on any atom is 0.0991 e. The van der Waals surface area contributed by atoms with E-state index in [-0.39, 0.29) is 6.61 Å². The number of anilines is 1. The first-order valence-electron chi connectivity index (χ1n) is 6.14. The average molecular weight is 232 g/mol. The van der Waals surface area contributed by atoms with Crippen molar-refractivity contribution in [2.75, 3.05) is 18.1 Å². The van der Waals surface area contributed by atoms with Gasteiger partial charge in [0, 0.05) is 18.3 Å². The molecular formula is C14H20N2O. The van der Waals surface area contributed by atoms with Crippen LogP contribution >= 0.6 is 0 Å². The van der Waals surface area contributed by atoms with Gasteiger partial charge < -0.3 is 10.0 Å². The minimum Gasteiger partial charge on any atom is -0.395 e. The predicted octanol–water partition coefficient (Wildman–Crippen LogP) is 2.55. The van der Waals surface area contributed by atoms with Crippen LogP contribution in [-0.2, 0) is 0 Å². The van der Waals surface area contributed by atoms with Crippen LogP contribution < -0.4 is 4.90 Å². The van der Waals surface area contributed by atoms with Crippen molar-refractivity contribution >= 4 is 5.69 Å². The van der Waals surface area contributed by atoms with E-state index in [1.54, 1.807) is 0 Å². The average Bonchev–Trinajstić information content (AvgIpc) is 2.39. The van der Waals surface area contributed by atoms with Crippen LogP contribution in [0.15, 0.2) is 24.3 Å². The van der Waals surface area contributed by atoms with Gasteiger partial charge in [0.05, 0.1) is 18.2 Å². The topological polar surface area (TPSA) is 47.3 Å². The quantitative estimate of drug-likeness (QED) is 0.820. The normalized spacial score (nSPS) is 10.3. The van der Waals surface area contributed by atoms with Crippen LogP contribution in [0.5, 0.6) is 0 Å². The van der Waals surface area contributed by atoms with E-state index in [2.05, 4.69) is 24.8 Å². The lowest BCUT2D eigenvalue weighted by Gasteiger charge is -2.32. The van der Waals surface area contributed by atoms with E-state index in [1.165, 1.54) is 0 Å². The summed E-state index contributed by atoms with van der Waals surface area (Å²) in [6.07, 6.45) is 2.10. The summed E-state index contributed by atoms with van der Waals surface area (Å²) in [7, 11) is 0. The molecule has 1 aromatic rings. The second-order valence-corrected chi connectivity index (χ2v) is 4.05. The van der Waals surface area contributed by atoms with E-state index in [0.717, 1.165) is 18.5 Å². The third-order valence-electron chi connectivity index (χ3n) is 3.05. The summed E-state index contributed by atoms with van der Waals surface area (Å²) < 4.78 is 0. The largest absolute Gasteiger partial charge is 0.395 e. The molecule has 3 heteroatoms. The van der Waals surface area contributed by atoms with Crippen molar-refractivity contribution in [2.45, 2.75) is 32.7 Å². The van der Waals surface area contributed by atoms with Crippen molar-refractivity contribution in [3.63, 3.8) is 0 Å². The number of aliphatic hydroxyl groups is 1. The molecule has 1 rings (SSSR count). The van der Waals surface area contributed by atoms with E-state index in [0.29, 0.717) is 18.2 Å². The summed E-state index contributed by atoms with van der Waals surface area (Å²) in [5, 5.41) is 17.9. The molecule has 0 aromatic heterocycles. The zero-order valence-corrected chi connectivity index (χ0v) is 10.6. The Labute approximate surface area is 103 Å². The van der Waals surface area contributed by atoms with Crippen LogP contribution in [0.3, 0.4) is 0 Å². The van der Waals surface area contributed by atoms with Gasteiger partial charge >= 0.3 is 0 Å². The molecule has 0 saturated carbocycles. The highest BCUT2D eigenvalue weighted by molar-refractivity contribution is 5.50. The lowest BCUT2D eigenvalue weighted by Crippen LogP contribution is -2.36. The van der Waals surface area contributed by atoms with Crippen molar-refractivity contribution < 1.29 is 5.11 Å². The van der Waals surface area contributed by atoms with Gasteiger partial charge in [-0.3, -0.25) is 0 Å². The number of rotatable bonds is 6. The Hall–Kier alpha value is -1.53. The molecule has 1 N–H and O–H groups in total. The monoisotopic (exact) mass is 232 g/mol. The maximum absolute atomic E-state index is 9.14. The number of benzene rings is 1. The molecule has 92 valence electrons. The molecule has 0 spiro atoms.